The molecule has 0 N–H and O–H groups in total. The maximum Gasteiger partial charge on any atom is 0.261 e. The van der Waals surface area contributed by atoms with Gasteiger partial charge in [0.05, 0.1) is 28.6 Å². The second kappa shape index (κ2) is 6.00. The van der Waals surface area contributed by atoms with Crippen LogP contribution in [-0.2, 0) is 9.59 Å². The molecule has 3 aliphatic rings. The van der Waals surface area contributed by atoms with Gasteiger partial charge in [0.1, 0.15) is 6.04 Å². The number of imide groups is 1. The number of anilines is 1. The summed E-state index contributed by atoms with van der Waals surface area (Å²) < 4.78 is 1.12. The van der Waals surface area contributed by atoms with E-state index in [1.165, 1.54) is 5.56 Å². The highest BCUT2D eigenvalue weighted by Crippen LogP contribution is 2.43. The number of benzene rings is 2. The van der Waals surface area contributed by atoms with Gasteiger partial charge in [0.25, 0.3) is 11.8 Å². The molecular formula is C20H18IN3O3. The van der Waals surface area contributed by atoms with Crippen molar-refractivity contribution in [2.24, 2.45) is 0 Å². The van der Waals surface area contributed by atoms with Crippen LogP contribution in [0.2, 0.25) is 0 Å². The highest BCUT2D eigenvalue weighted by molar-refractivity contribution is 14.1. The van der Waals surface area contributed by atoms with Crippen LogP contribution in [0.1, 0.15) is 34.7 Å². The summed E-state index contributed by atoms with van der Waals surface area (Å²) >= 11 is 1.74. The number of piperidine rings is 1. The van der Waals surface area contributed by atoms with Crippen LogP contribution in [0.3, 0.4) is 0 Å². The largest absolute Gasteiger partial charge is 0.305 e. The maximum absolute atomic E-state index is 13.2. The zero-order valence-electron chi connectivity index (χ0n) is 14.8. The Balaban J connectivity index is 1.62. The number of halogens is 1. The van der Waals surface area contributed by atoms with Crippen LogP contribution in [0.5, 0.6) is 0 Å². The minimum absolute atomic E-state index is 0.143. The van der Waals surface area contributed by atoms with Crippen molar-refractivity contribution in [3.8, 4) is 0 Å². The monoisotopic (exact) mass is 475 g/mol. The standard InChI is InChI=1S/C20H18IN3O3/c1-22-9-11(10-22)12-5-6-14-18-13(12)3-2-4-15(18)23(19(14)26)16-7-8-17(25)24(21)20(16)27/h2-6,11,16H,7-10H2,1H3. The molecule has 7 heteroatoms. The lowest BCUT2D eigenvalue weighted by atomic mass is 9.87. The summed E-state index contributed by atoms with van der Waals surface area (Å²) in [5.74, 6) is -0.181. The first-order valence-electron chi connectivity index (χ1n) is 9.07. The van der Waals surface area contributed by atoms with Gasteiger partial charge >= 0.3 is 0 Å². The van der Waals surface area contributed by atoms with E-state index >= 15 is 0 Å². The third-order valence-corrected chi connectivity index (χ3v) is 6.92. The van der Waals surface area contributed by atoms with E-state index in [-0.39, 0.29) is 24.1 Å². The number of hydrogen-bond acceptors (Lipinski definition) is 4. The van der Waals surface area contributed by atoms with Crippen LogP contribution in [0, 0.1) is 0 Å². The molecule has 138 valence electrons. The first-order chi connectivity index (χ1) is 13.0. The molecule has 0 aromatic heterocycles. The van der Waals surface area contributed by atoms with E-state index in [1.54, 1.807) is 27.8 Å². The molecule has 0 bridgehead atoms. The van der Waals surface area contributed by atoms with Crippen LogP contribution in [-0.4, -0.2) is 51.9 Å². The van der Waals surface area contributed by atoms with Crippen molar-refractivity contribution in [1.82, 2.24) is 8.01 Å². The summed E-state index contributed by atoms with van der Waals surface area (Å²) in [6.45, 7) is 2.03. The SMILES string of the molecule is CN1CC(c2ccc3c4c(cccc24)N(C2CCC(=O)N(I)C2=O)C3=O)C1. The van der Waals surface area contributed by atoms with Crippen LogP contribution in [0.25, 0.3) is 10.8 Å². The van der Waals surface area contributed by atoms with Gasteiger partial charge < -0.3 is 4.90 Å². The van der Waals surface area contributed by atoms with Crippen molar-refractivity contribution in [1.29, 1.82) is 0 Å². The molecule has 0 radical (unpaired) electrons. The minimum Gasteiger partial charge on any atom is -0.305 e. The molecule has 2 aromatic carbocycles. The average molecular weight is 475 g/mol. The lowest BCUT2D eigenvalue weighted by Gasteiger charge is -2.37. The number of hydrogen-bond donors (Lipinski definition) is 0. The van der Waals surface area contributed by atoms with Gasteiger partial charge in [-0.3, -0.25) is 19.3 Å². The van der Waals surface area contributed by atoms with Crippen LogP contribution >= 0.6 is 22.9 Å². The number of amides is 3. The number of likely N-dealkylation sites (N-methyl/N-ethyl adjacent to an activating group) is 1. The lowest BCUT2D eigenvalue weighted by molar-refractivity contribution is -0.140. The average Bonchev–Trinajstić information content (AvgIpc) is 2.92. The van der Waals surface area contributed by atoms with Gasteiger partial charge in [-0.25, -0.2) is 3.11 Å². The molecule has 0 aliphatic carbocycles. The van der Waals surface area contributed by atoms with Gasteiger partial charge in [-0.05, 0) is 36.6 Å². The molecular weight excluding hydrogens is 457 g/mol. The lowest BCUT2D eigenvalue weighted by Crippen LogP contribution is -2.52. The van der Waals surface area contributed by atoms with Gasteiger partial charge in [-0.2, -0.15) is 0 Å². The second-order valence-electron chi connectivity index (χ2n) is 7.56. The van der Waals surface area contributed by atoms with Gasteiger partial charge in [0.15, 0.2) is 0 Å². The highest BCUT2D eigenvalue weighted by atomic mass is 127. The molecule has 3 amide bonds. The van der Waals surface area contributed by atoms with E-state index in [9.17, 15) is 14.4 Å². The molecule has 1 atom stereocenters. The minimum atomic E-state index is -0.622. The van der Waals surface area contributed by atoms with Crippen molar-refractivity contribution in [3.63, 3.8) is 0 Å². The maximum atomic E-state index is 13.2. The number of nitrogens with zero attached hydrogens (tertiary/aromatic N) is 3. The Bertz CT molecular complexity index is 1010. The molecule has 1 unspecified atom stereocenters. The molecule has 5 rings (SSSR count). The van der Waals surface area contributed by atoms with Gasteiger partial charge in [-0.15, -0.1) is 0 Å². The Kier molecular flexibility index (Phi) is 3.80. The Morgan fingerprint density at radius 3 is 2.59 bits per heavy atom. The van der Waals surface area contributed by atoms with Crippen LogP contribution in [0.4, 0.5) is 5.69 Å². The molecule has 3 aliphatic heterocycles. The zero-order valence-corrected chi connectivity index (χ0v) is 17.0. The van der Waals surface area contributed by atoms with Gasteiger partial charge in [-0.1, -0.05) is 18.2 Å². The number of carbonyl (C=O) groups excluding carboxylic acids is 3. The number of likely N-dealkylation sites (tertiary alicyclic amines) is 1. The Labute approximate surface area is 170 Å². The van der Waals surface area contributed by atoms with E-state index in [1.807, 2.05) is 18.2 Å². The first kappa shape index (κ1) is 17.1. The van der Waals surface area contributed by atoms with Crippen LogP contribution < -0.4 is 4.90 Å². The Morgan fingerprint density at radius 1 is 1.07 bits per heavy atom. The normalized spacial score (nSPS) is 23.5. The number of carbonyl (C=O) groups is 3. The fraction of sp³-hybridized carbons (Fsp3) is 0.350. The smallest absolute Gasteiger partial charge is 0.261 e. The number of rotatable bonds is 2. The van der Waals surface area contributed by atoms with E-state index < -0.39 is 6.04 Å². The van der Waals surface area contributed by atoms with Crippen molar-refractivity contribution in [2.75, 3.05) is 25.0 Å². The molecule has 6 nitrogen and oxygen atoms in total. The third kappa shape index (κ3) is 2.37. The molecule has 27 heavy (non-hydrogen) atoms. The summed E-state index contributed by atoms with van der Waals surface area (Å²) in [5, 5.41) is 2.05. The van der Waals surface area contributed by atoms with E-state index in [4.69, 9.17) is 0 Å². The van der Waals surface area contributed by atoms with Gasteiger partial charge in [0.2, 0.25) is 5.91 Å². The summed E-state index contributed by atoms with van der Waals surface area (Å²) in [4.78, 5) is 41.6. The molecule has 0 saturated carbocycles. The third-order valence-electron chi connectivity index (χ3n) is 5.91. The second-order valence-corrected chi connectivity index (χ2v) is 8.53. The van der Waals surface area contributed by atoms with E-state index in [0.29, 0.717) is 17.9 Å². The molecule has 2 fully saturated rings. The zero-order chi connectivity index (χ0) is 18.9. The van der Waals surface area contributed by atoms with Crippen molar-refractivity contribution in [3.05, 3.63) is 41.5 Å². The Morgan fingerprint density at radius 2 is 1.85 bits per heavy atom. The predicted molar refractivity (Wildman–Crippen MR) is 110 cm³/mol. The van der Waals surface area contributed by atoms with E-state index in [0.717, 1.165) is 32.7 Å². The van der Waals surface area contributed by atoms with Crippen molar-refractivity contribution < 1.29 is 14.4 Å². The molecule has 3 heterocycles. The molecule has 2 aromatic rings. The summed E-state index contributed by atoms with van der Waals surface area (Å²) in [6, 6.07) is 9.29. The van der Waals surface area contributed by atoms with E-state index in [2.05, 4.69) is 24.1 Å². The fourth-order valence-electron chi connectivity index (χ4n) is 4.56. The Hall–Kier alpha value is -2.00. The molecule has 2 saturated heterocycles. The summed E-state index contributed by atoms with van der Waals surface area (Å²) in [6.07, 6.45) is 0.642. The predicted octanol–water partition coefficient (Wildman–Crippen LogP) is 2.70. The van der Waals surface area contributed by atoms with Gasteiger partial charge in [0, 0.05) is 36.4 Å². The fourth-order valence-corrected chi connectivity index (χ4v) is 5.13. The first-order valence-corrected chi connectivity index (χ1v) is 10.0. The quantitative estimate of drug-likeness (QED) is 0.381. The molecule has 0 spiro atoms. The topological polar surface area (TPSA) is 60.9 Å². The summed E-state index contributed by atoms with van der Waals surface area (Å²) in [7, 11) is 2.10. The highest BCUT2D eigenvalue weighted by Gasteiger charge is 2.43. The van der Waals surface area contributed by atoms with Crippen molar-refractivity contribution in [2.45, 2.75) is 24.8 Å². The van der Waals surface area contributed by atoms with Crippen molar-refractivity contribution >= 4 is 57.0 Å². The summed E-state index contributed by atoms with van der Waals surface area (Å²) in [5.41, 5.74) is 2.71. The van der Waals surface area contributed by atoms with Crippen LogP contribution in [0.15, 0.2) is 30.3 Å².